The number of hydrogen-bond acceptors (Lipinski definition) is 0. The van der Waals surface area contributed by atoms with Crippen LogP contribution in [0.2, 0.25) is 0 Å². The molecule has 0 nitrogen and oxygen atoms in total. The molecule has 0 aliphatic heterocycles. The van der Waals surface area contributed by atoms with Crippen LogP contribution in [-0.4, -0.2) is 0 Å². The van der Waals surface area contributed by atoms with E-state index < -0.39 is 0 Å². The molecule has 0 aromatic heterocycles. The maximum absolute atomic E-state index is 2.30. The van der Waals surface area contributed by atoms with Crippen LogP contribution in [0.4, 0.5) is 0 Å². The molecule has 0 radical (unpaired) electrons. The SMILES string of the molecule is CCCCC/C=C/c1cccc(CC)c1. The summed E-state index contributed by atoms with van der Waals surface area (Å²) in [6.07, 6.45) is 10.8. The fraction of sp³-hybridized carbons (Fsp3) is 0.467. The first-order chi connectivity index (χ1) is 7.36. The monoisotopic (exact) mass is 202 g/mol. The Hall–Kier alpha value is -1.04. The number of aryl methyl sites for hydroxylation is 1. The highest BCUT2D eigenvalue weighted by molar-refractivity contribution is 5.50. The summed E-state index contributed by atoms with van der Waals surface area (Å²) in [5, 5.41) is 0. The minimum absolute atomic E-state index is 1.12. The quantitative estimate of drug-likeness (QED) is 0.579. The molecule has 0 heteroatoms. The van der Waals surface area contributed by atoms with Crippen molar-refractivity contribution in [2.24, 2.45) is 0 Å². The third-order valence-corrected chi connectivity index (χ3v) is 2.64. The Kier molecular flexibility index (Phi) is 5.84. The average molecular weight is 202 g/mol. The number of rotatable bonds is 6. The summed E-state index contributed by atoms with van der Waals surface area (Å²) in [6.45, 7) is 4.44. The van der Waals surface area contributed by atoms with Crippen LogP contribution in [0, 0.1) is 0 Å². The summed E-state index contributed by atoms with van der Waals surface area (Å²) in [5.41, 5.74) is 2.76. The van der Waals surface area contributed by atoms with E-state index in [-0.39, 0.29) is 0 Å². The lowest BCUT2D eigenvalue weighted by Gasteiger charge is -1.98. The fourth-order valence-electron chi connectivity index (χ4n) is 1.65. The van der Waals surface area contributed by atoms with Gasteiger partial charge in [0.25, 0.3) is 0 Å². The highest BCUT2D eigenvalue weighted by atomic mass is 14.0. The second-order valence-electron chi connectivity index (χ2n) is 4.00. The summed E-state index contributed by atoms with van der Waals surface area (Å²) in [4.78, 5) is 0. The molecule has 0 unspecified atom stereocenters. The Labute approximate surface area is 94.0 Å². The zero-order valence-corrected chi connectivity index (χ0v) is 10.00. The van der Waals surface area contributed by atoms with Gasteiger partial charge in [0.1, 0.15) is 0 Å². The molecule has 1 aromatic rings. The van der Waals surface area contributed by atoms with Gasteiger partial charge < -0.3 is 0 Å². The summed E-state index contributed by atoms with van der Waals surface area (Å²) in [7, 11) is 0. The Morgan fingerprint density at radius 2 is 2.00 bits per heavy atom. The van der Waals surface area contributed by atoms with Crippen LogP contribution in [0.3, 0.4) is 0 Å². The second-order valence-corrected chi connectivity index (χ2v) is 4.00. The molecule has 0 aliphatic carbocycles. The van der Waals surface area contributed by atoms with Gasteiger partial charge >= 0.3 is 0 Å². The van der Waals surface area contributed by atoms with Gasteiger partial charge in [-0.3, -0.25) is 0 Å². The highest BCUT2D eigenvalue weighted by Crippen LogP contribution is 2.09. The largest absolute Gasteiger partial charge is 0.0839 e. The summed E-state index contributed by atoms with van der Waals surface area (Å²) in [6, 6.07) is 8.78. The van der Waals surface area contributed by atoms with Gasteiger partial charge in [0, 0.05) is 0 Å². The Bertz CT molecular complexity index is 297. The third kappa shape index (κ3) is 4.83. The van der Waals surface area contributed by atoms with Gasteiger partial charge in [-0.2, -0.15) is 0 Å². The zero-order chi connectivity index (χ0) is 10.9. The van der Waals surface area contributed by atoms with E-state index in [1.165, 1.54) is 36.8 Å². The van der Waals surface area contributed by atoms with Gasteiger partial charge in [-0.1, -0.05) is 63.1 Å². The van der Waals surface area contributed by atoms with E-state index in [1.54, 1.807) is 0 Å². The molecule has 0 amide bonds. The average Bonchev–Trinajstić information content (AvgIpc) is 2.29. The highest BCUT2D eigenvalue weighted by Gasteiger charge is 1.89. The van der Waals surface area contributed by atoms with Crippen molar-refractivity contribution in [3.63, 3.8) is 0 Å². The van der Waals surface area contributed by atoms with Crippen LogP contribution < -0.4 is 0 Å². The van der Waals surface area contributed by atoms with Crippen molar-refractivity contribution < 1.29 is 0 Å². The minimum Gasteiger partial charge on any atom is -0.0839 e. The Morgan fingerprint density at radius 1 is 1.13 bits per heavy atom. The number of unbranched alkanes of at least 4 members (excludes halogenated alkanes) is 3. The number of allylic oxidation sites excluding steroid dienone is 1. The normalized spacial score (nSPS) is 11.1. The molecular formula is C15H22. The van der Waals surface area contributed by atoms with Crippen LogP contribution in [0.5, 0.6) is 0 Å². The second kappa shape index (κ2) is 7.28. The van der Waals surface area contributed by atoms with Gasteiger partial charge in [0.15, 0.2) is 0 Å². The molecule has 82 valence electrons. The molecule has 0 heterocycles. The van der Waals surface area contributed by atoms with Crippen molar-refractivity contribution >= 4 is 6.08 Å². The maximum Gasteiger partial charge on any atom is -0.0257 e. The van der Waals surface area contributed by atoms with E-state index in [1.807, 2.05) is 0 Å². The lowest BCUT2D eigenvalue weighted by atomic mass is 10.1. The van der Waals surface area contributed by atoms with E-state index in [2.05, 4.69) is 50.3 Å². The van der Waals surface area contributed by atoms with Crippen molar-refractivity contribution in [2.75, 3.05) is 0 Å². The van der Waals surface area contributed by atoms with Crippen molar-refractivity contribution in [2.45, 2.75) is 46.0 Å². The molecule has 0 saturated heterocycles. The standard InChI is InChI=1S/C15H22/c1-3-5-6-7-8-10-15-12-9-11-14(4-2)13-15/h8-13H,3-7H2,1-2H3/b10-8+. The summed E-state index contributed by atoms with van der Waals surface area (Å²) >= 11 is 0. The van der Waals surface area contributed by atoms with E-state index in [0.29, 0.717) is 0 Å². The van der Waals surface area contributed by atoms with Gasteiger partial charge in [-0.05, 0) is 30.4 Å². The van der Waals surface area contributed by atoms with Gasteiger partial charge in [0.05, 0.1) is 0 Å². The van der Waals surface area contributed by atoms with Crippen LogP contribution in [-0.2, 0) is 6.42 Å². The van der Waals surface area contributed by atoms with Crippen LogP contribution in [0.25, 0.3) is 6.08 Å². The van der Waals surface area contributed by atoms with E-state index in [0.717, 1.165) is 6.42 Å². The molecule has 0 fully saturated rings. The van der Waals surface area contributed by atoms with Crippen LogP contribution >= 0.6 is 0 Å². The topological polar surface area (TPSA) is 0 Å². The Morgan fingerprint density at radius 3 is 2.73 bits per heavy atom. The molecule has 1 aromatic carbocycles. The lowest BCUT2D eigenvalue weighted by Crippen LogP contribution is -1.80. The van der Waals surface area contributed by atoms with Crippen LogP contribution in [0.1, 0.15) is 50.7 Å². The lowest BCUT2D eigenvalue weighted by molar-refractivity contribution is 0.730. The minimum atomic E-state index is 1.12. The van der Waals surface area contributed by atoms with E-state index in [4.69, 9.17) is 0 Å². The molecule has 15 heavy (non-hydrogen) atoms. The smallest absolute Gasteiger partial charge is 0.0257 e. The first-order valence-electron chi connectivity index (χ1n) is 6.12. The van der Waals surface area contributed by atoms with E-state index in [9.17, 15) is 0 Å². The van der Waals surface area contributed by atoms with Crippen LogP contribution in [0.15, 0.2) is 30.3 Å². The summed E-state index contributed by atoms with van der Waals surface area (Å²) in [5.74, 6) is 0. The number of benzene rings is 1. The van der Waals surface area contributed by atoms with Gasteiger partial charge in [-0.15, -0.1) is 0 Å². The first-order valence-corrected chi connectivity index (χ1v) is 6.12. The first kappa shape index (κ1) is 12.0. The Balaban J connectivity index is 2.41. The zero-order valence-electron chi connectivity index (χ0n) is 10.00. The van der Waals surface area contributed by atoms with Gasteiger partial charge in [-0.25, -0.2) is 0 Å². The summed E-state index contributed by atoms with van der Waals surface area (Å²) < 4.78 is 0. The molecule has 0 aliphatic rings. The van der Waals surface area contributed by atoms with Gasteiger partial charge in [0.2, 0.25) is 0 Å². The van der Waals surface area contributed by atoms with Crippen molar-refractivity contribution in [3.8, 4) is 0 Å². The molecular weight excluding hydrogens is 180 g/mol. The fourth-order valence-corrected chi connectivity index (χ4v) is 1.65. The third-order valence-electron chi connectivity index (χ3n) is 2.64. The molecule has 0 spiro atoms. The molecule has 0 atom stereocenters. The molecule has 0 N–H and O–H groups in total. The maximum atomic E-state index is 2.30. The van der Waals surface area contributed by atoms with Crippen molar-refractivity contribution in [1.82, 2.24) is 0 Å². The predicted molar refractivity (Wildman–Crippen MR) is 69.0 cm³/mol. The van der Waals surface area contributed by atoms with Crippen molar-refractivity contribution in [3.05, 3.63) is 41.5 Å². The molecule has 0 bridgehead atoms. The predicted octanol–water partition coefficient (Wildman–Crippen LogP) is 4.84. The number of hydrogen-bond donors (Lipinski definition) is 0. The van der Waals surface area contributed by atoms with Crippen molar-refractivity contribution in [1.29, 1.82) is 0 Å². The molecule has 1 rings (SSSR count). The van der Waals surface area contributed by atoms with E-state index >= 15 is 0 Å². The molecule has 0 saturated carbocycles.